The molecule has 0 radical (unpaired) electrons. The van der Waals surface area contributed by atoms with Gasteiger partial charge in [-0.25, -0.2) is 17.2 Å². The number of nitrogens with one attached hydrogen (secondary N) is 1. The molecule has 0 unspecified atom stereocenters. The molecule has 3 rings (SSSR count). The SMILES string of the molecule is Cc1c(Cl)cccc1N(CC(=O)Nc1ccc(F)cc1F)S(=O)(=O)c1ccccc1. The molecule has 0 saturated heterocycles. The van der Waals surface area contributed by atoms with Crippen molar-refractivity contribution in [3.8, 4) is 0 Å². The Bertz CT molecular complexity index is 1190. The number of anilines is 2. The molecule has 0 aliphatic heterocycles. The Balaban J connectivity index is 1.99. The van der Waals surface area contributed by atoms with Crippen molar-refractivity contribution in [2.75, 3.05) is 16.2 Å². The Kier molecular flexibility index (Phi) is 6.38. The fraction of sp³-hybridized carbons (Fsp3) is 0.0952. The van der Waals surface area contributed by atoms with E-state index in [1.165, 1.54) is 18.2 Å². The lowest BCUT2D eigenvalue weighted by atomic mass is 10.2. The van der Waals surface area contributed by atoms with Crippen LogP contribution in [0.3, 0.4) is 0 Å². The second kappa shape index (κ2) is 8.81. The first-order chi connectivity index (χ1) is 14.2. The fourth-order valence-electron chi connectivity index (χ4n) is 2.80. The van der Waals surface area contributed by atoms with Crippen LogP contribution < -0.4 is 9.62 Å². The maximum Gasteiger partial charge on any atom is 0.264 e. The molecule has 0 atom stereocenters. The van der Waals surface area contributed by atoms with Crippen molar-refractivity contribution in [1.82, 2.24) is 0 Å². The van der Waals surface area contributed by atoms with E-state index in [-0.39, 0.29) is 16.3 Å². The van der Waals surface area contributed by atoms with Gasteiger partial charge in [-0.15, -0.1) is 0 Å². The Hall–Kier alpha value is -2.97. The summed E-state index contributed by atoms with van der Waals surface area (Å²) in [6, 6.07) is 14.9. The van der Waals surface area contributed by atoms with Gasteiger partial charge in [-0.1, -0.05) is 35.9 Å². The van der Waals surface area contributed by atoms with Gasteiger partial charge in [0.1, 0.15) is 18.2 Å². The van der Waals surface area contributed by atoms with Crippen LogP contribution in [0.15, 0.2) is 71.6 Å². The smallest absolute Gasteiger partial charge is 0.264 e. The molecule has 0 saturated carbocycles. The standard InChI is InChI=1S/C21H17ClF2N2O3S/c1-14-17(22)8-5-9-20(14)26(30(28,29)16-6-3-2-4-7-16)13-21(27)25-19-11-10-15(23)12-18(19)24/h2-12H,13H2,1H3,(H,25,27). The molecule has 3 aromatic carbocycles. The fourth-order valence-corrected chi connectivity index (χ4v) is 4.47. The lowest BCUT2D eigenvalue weighted by molar-refractivity contribution is -0.114. The van der Waals surface area contributed by atoms with E-state index >= 15 is 0 Å². The Morgan fingerprint density at radius 3 is 2.40 bits per heavy atom. The molecular formula is C21H17ClF2N2O3S. The third kappa shape index (κ3) is 4.60. The monoisotopic (exact) mass is 450 g/mol. The van der Waals surface area contributed by atoms with Crippen molar-refractivity contribution in [2.45, 2.75) is 11.8 Å². The summed E-state index contributed by atoms with van der Waals surface area (Å²) in [6.07, 6.45) is 0. The van der Waals surface area contributed by atoms with Crippen molar-refractivity contribution in [1.29, 1.82) is 0 Å². The Morgan fingerprint density at radius 1 is 1.03 bits per heavy atom. The average Bonchev–Trinajstić information content (AvgIpc) is 2.71. The topological polar surface area (TPSA) is 66.5 Å². The number of nitrogens with zero attached hydrogens (tertiary/aromatic N) is 1. The highest BCUT2D eigenvalue weighted by molar-refractivity contribution is 7.92. The zero-order chi connectivity index (χ0) is 21.9. The minimum atomic E-state index is -4.14. The van der Waals surface area contributed by atoms with Crippen LogP contribution in [0.2, 0.25) is 5.02 Å². The maximum absolute atomic E-state index is 13.9. The molecule has 0 bridgehead atoms. The molecule has 1 N–H and O–H groups in total. The first kappa shape index (κ1) is 21.7. The lowest BCUT2D eigenvalue weighted by Crippen LogP contribution is -2.38. The zero-order valence-electron chi connectivity index (χ0n) is 15.8. The molecule has 9 heteroatoms. The van der Waals surface area contributed by atoms with Gasteiger partial charge in [0.15, 0.2) is 0 Å². The number of hydrogen-bond acceptors (Lipinski definition) is 3. The number of carbonyl (C=O) groups excluding carboxylic acids is 1. The van der Waals surface area contributed by atoms with Crippen LogP contribution >= 0.6 is 11.6 Å². The summed E-state index contributed by atoms with van der Waals surface area (Å²) < 4.78 is 54.4. The zero-order valence-corrected chi connectivity index (χ0v) is 17.3. The van der Waals surface area contributed by atoms with Crippen LogP contribution in [0.4, 0.5) is 20.2 Å². The summed E-state index contributed by atoms with van der Waals surface area (Å²) in [6.45, 7) is 0.984. The molecule has 0 spiro atoms. The summed E-state index contributed by atoms with van der Waals surface area (Å²) in [5.74, 6) is -2.58. The normalized spacial score (nSPS) is 11.2. The number of hydrogen-bond donors (Lipinski definition) is 1. The van der Waals surface area contributed by atoms with Gasteiger partial charge in [-0.3, -0.25) is 9.10 Å². The molecule has 0 fully saturated rings. The van der Waals surface area contributed by atoms with E-state index in [0.29, 0.717) is 16.7 Å². The number of rotatable bonds is 6. The predicted octanol–water partition coefficient (Wildman–Crippen LogP) is 4.76. The first-order valence-corrected chi connectivity index (χ1v) is 10.6. The summed E-state index contributed by atoms with van der Waals surface area (Å²) in [5.41, 5.74) is 0.404. The second-order valence-electron chi connectivity index (χ2n) is 6.38. The van der Waals surface area contributed by atoms with Crippen molar-refractivity contribution in [3.05, 3.63) is 89.0 Å². The number of halogens is 3. The minimum Gasteiger partial charge on any atom is -0.322 e. The van der Waals surface area contributed by atoms with Crippen molar-refractivity contribution in [3.63, 3.8) is 0 Å². The molecule has 0 aromatic heterocycles. The van der Waals surface area contributed by atoms with Gasteiger partial charge in [0.05, 0.1) is 16.3 Å². The Labute approximate surface area is 178 Å². The van der Waals surface area contributed by atoms with E-state index in [2.05, 4.69) is 5.32 Å². The predicted molar refractivity (Wildman–Crippen MR) is 112 cm³/mol. The molecule has 5 nitrogen and oxygen atoms in total. The summed E-state index contributed by atoms with van der Waals surface area (Å²) in [4.78, 5) is 12.6. The number of benzene rings is 3. The molecule has 3 aromatic rings. The number of carbonyl (C=O) groups is 1. The van der Waals surface area contributed by atoms with Gasteiger partial charge in [0.2, 0.25) is 5.91 Å². The molecule has 156 valence electrons. The van der Waals surface area contributed by atoms with E-state index in [0.717, 1.165) is 16.4 Å². The highest BCUT2D eigenvalue weighted by atomic mass is 35.5. The number of sulfonamides is 1. The van der Waals surface area contributed by atoms with Crippen LogP contribution in [0, 0.1) is 18.6 Å². The van der Waals surface area contributed by atoms with Crippen LogP contribution in [0.25, 0.3) is 0 Å². The molecule has 0 heterocycles. The van der Waals surface area contributed by atoms with E-state index < -0.39 is 34.1 Å². The van der Waals surface area contributed by atoms with Gasteiger partial charge in [0, 0.05) is 11.1 Å². The van der Waals surface area contributed by atoms with E-state index in [4.69, 9.17) is 11.6 Å². The van der Waals surface area contributed by atoms with E-state index in [1.54, 1.807) is 37.3 Å². The van der Waals surface area contributed by atoms with E-state index in [9.17, 15) is 22.0 Å². The van der Waals surface area contributed by atoms with Gasteiger partial charge >= 0.3 is 0 Å². The minimum absolute atomic E-state index is 0.0230. The van der Waals surface area contributed by atoms with Crippen LogP contribution in [-0.2, 0) is 14.8 Å². The van der Waals surface area contributed by atoms with Gasteiger partial charge < -0.3 is 5.32 Å². The van der Waals surface area contributed by atoms with E-state index in [1.807, 2.05) is 0 Å². The van der Waals surface area contributed by atoms with Gasteiger partial charge in [-0.2, -0.15) is 0 Å². The third-order valence-corrected chi connectivity index (χ3v) is 6.51. The maximum atomic E-state index is 13.9. The highest BCUT2D eigenvalue weighted by Gasteiger charge is 2.29. The Morgan fingerprint density at radius 2 is 1.73 bits per heavy atom. The molecular weight excluding hydrogens is 434 g/mol. The summed E-state index contributed by atoms with van der Waals surface area (Å²) in [5, 5.41) is 2.60. The van der Waals surface area contributed by atoms with Gasteiger partial charge in [0.25, 0.3) is 10.0 Å². The molecule has 0 aliphatic rings. The first-order valence-electron chi connectivity index (χ1n) is 8.78. The van der Waals surface area contributed by atoms with Crippen molar-refractivity contribution >= 4 is 38.9 Å². The highest BCUT2D eigenvalue weighted by Crippen LogP contribution is 2.31. The molecule has 1 amide bonds. The van der Waals surface area contributed by atoms with Crippen LogP contribution in [0.5, 0.6) is 0 Å². The van der Waals surface area contributed by atoms with Crippen molar-refractivity contribution < 1.29 is 22.0 Å². The van der Waals surface area contributed by atoms with Crippen molar-refractivity contribution in [2.24, 2.45) is 0 Å². The molecule has 0 aliphatic carbocycles. The van der Waals surface area contributed by atoms with Crippen LogP contribution in [-0.4, -0.2) is 20.9 Å². The largest absolute Gasteiger partial charge is 0.322 e. The summed E-state index contributed by atoms with van der Waals surface area (Å²) in [7, 11) is -4.14. The number of amides is 1. The second-order valence-corrected chi connectivity index (χ2v) is 8.65. The van der Waals surface area contributed by atoms with Crippen LogP contribution in [0.1, 0.15) is 5.56 Å². The molecule has 30 heavy (non-hydrogen) atoms. The van der Waals surface area contributed by atoms with Gasteiger partial charge in [-0.05, 0) is 48.9 Å². The summed E-state index contributed by atoms with van der Waals surface area (Å²) >= 11 is 6.15. The quantitative estimate of drug-likeness (QED) is 0.588. The lowest BCUT2D eigenvalue weighted by Gasteiger charge is -2.26. The average molecular weight is 451 g/mol. The third-order valence-electron chi connectivity index (χ3n) is 4.33.